The first-order valence-electron chi connectivity index (χ1n) is 13.3. The van der Waals surface area contributed by atoms with Crippen LogP contribution in [-0.2, 0) is 16.1 Å². The molecule has 4 rings (SSSR count). The fourth-order valence-electron chi connectivity index (χ4n) is 3.70. The van der Waals surface area contributed by atoms with Gasteiger partial charge in [-0.2, -0.15) is 9.97 Å². The van der Waals surface area contributed by atoms with Crippen molar-refractivity contribution in [3.63, 3.8) is 0 Å². The fraction of sp³-hybridized carbons (Fsp3) is 0.269. The summed E-state index contributed by atoms with van der Waals surface area (Å²) in [5.41, 5.74) is 18.9. The minimum atomic E-state index is -1.30. The summed E-state index contributed by atoms with van der Waals surface area (Å²) in [6.07, 6.45) is 2.30. The molecule has 0 saturated carbocycles. The Labute approximate surface area is 260 Å². The maximum absolute atomic E-state index is 12.4. The molecule has 3 heterocycles. The number of hydrogen-bond acceptors (Lipinski definition) is 14. The summed E-state index contributed by atoms with van der Waals surface area (Å²) in [6, 6.07) is 5.16. The number of nitrogens with zero attached hydrogens (tertiary/aromatic N) is 9. The van der Waals surface area contributed by atoms with E-state index in [-0.39, 0.29) is 41.7 Å². The number of rotatable bonds is 12. The Balaban J connectivity index is 0.000000370. The Hall–Kier alpha value is -6.47. The van der Waals surface area contributed by atoms with Crippen molar-refractivity contribution < 1.29 is 29.4 Å². The van der Waals surface area contributed by atoms with Crippen LogP contribution in [0.3, 0.4) is 0 Å². The van der Waals surface area contributed by atoms with E-state index in [1.807, 2.05) is 11.9 Å². The normalized spacial score (nSPS) is 11.4. The minimum Gasteiger partial charge on any atom is -0.481 e. The molecule has 0 bridgehead atoms. The zero-order chi connectivity index (χ0) is 34.0. The number of carbonyl (C=O) groups is 4. The van der Waals surface area contributed by atoms with Gasteiger partial charge >= 0.3 is 11.9 Å². The van der Waals surface area contributed by atoms with Gasteiger partial charge in [-0.25, -0.2) is 19.7 Å². The first kappa shape index (κ1) is 34.0. The maximum Gasteiger partial charge on any atom is 0.326 e. The molecular weight excluding hydrogens is 604 g/mol. The van der Waals surface area contributed by atoms with E-state index in [0.717, 1.165) is 5.69 Å². The molecular formula is C26H32N14O6. The van der Waals surface area contributed by atoms with Gasteiger partial charge in [-0.15, -0.1) is 5.11 Å². The topological polar surface area (TPSA) is 310 Å². The fourth-order valence-corrected chi connectivity index (χ4v) is 3.70. The second-order valence-electron chi connectivity index (χ2n) is 9.70. The number of nitrogen functional groups attached to an aromatic ring is 2. The predicted molar refractivity (Wildman–Crippen MR) is 164 cm³/mol. The zero-order valence-electron chi connectivity index (χ0n) is 24.9. The van der Waals surface area contributed by atoms with Crippen molar-refractivity contribution in [2.75, 3.05) is 37.5 Å². The molecule has 0 spiro atoms. The number of primary amides is 1. The van der Waals surface area contributed by atoms with Gasteiger partial charge in [0.05, 0.1) is 24.8 Å². The standard InChI is InChI=1S/C20H22N8O5.C6H10N6O/c1-28(9-11-8-23-17-15(24-11)16(21)26-20(22)27-17)12-4-2-10(3-5-12)18(31)25-13(19(32)33)6-7-14(29)30;1-12(2)11-10-6-4(5(7)13)8-3-9-6/h2-5,8,13H,6-7,9H2,1H3,(H,25,31)(H,29,30)(H,32,33)(H4,21,22,23,26,27);3H,1-2H3,(H2,7,13)(H,8,9)/t13-;/m0./s1. The van der Waals surface area contributed by atoms with Crippen LogP contribution < -0.4 is 27.4 Å². The van der Waals surface area contributed by atoms with E-state index in [0.29, 0.717) is 23.4 Å². The summed E-state index contributed by atoms with van der Waals surface area (Å²) in [5.74, 6) is -3.32. The second kappa shape index (κ2) is 15.3. The quantitative estimate of drug-likeness (QED) is 0.0814. The number of amides is 2. The van der Waals surface area contributed by atoms with Crippen molar-refractivity contribution in [1.29, 1.82) is 0 Å². The summed E-state index contributed by atoms with van der Waals surface area (Å²) >= 11 is 0. The number of benzene rings is 1. The van der Waals surface area contributed by atoms with Crippen LogP contribution in [0.1, 0.15) is 39.4 Å². The predicted octanol–water partition coefficient (Wildman–Crippen LogP) is 0.337. The van der Waals surface area contributed by atoms with Crippen LogP contribution in [0.5, 0.6) is 0 Å². The number of imidazole rings is 1. The summed E-state index contributed by atoms with van der Waals surface area (Å²) in [6.45, 7) is 0.370. The molecule has 20 heteroatoms. The highest BCUT2D eigenvalue weighted by Gasteiger charge is 2.22. The highest BCUT2D eigenvalue weighted by Crippen LogP contribution is 2.19. The number of aromatic amines is 1. The van der Waals surface area contributed by atoms with E-state index in [9.17, 15) is 24.3 Å². The SMILES string of the molecule is CN(C)N=Nc1nc[nH]c1C(N)=O.CN(Cc1cnc2nc(N)nc(N)c2n1)c1ccc(C(=O)N[C@@H](CCC(=O)O)C(=O)O)cc1. The van der Waals surface area contributed by atoms with Gasteiger partial charge in [-0.1, -0.05) is 5.22 Å². The number of anilines is 3. The van der Waals surface area contributed by atoms with E-state index in [2.05, 4.69) is 45.6 Å². The maximum atomic E-state index is 12.4. The summed E-state index contributed by atoms with van der Waals surface area (Å²) in [7, 11) is 5.23. The average Bonchev–Trinajstić information content (AvgIpc) is 3.48. The van der Waals surface area contributed by atoms with Crippen molar-refractivity contribution in [2.24, 2.45) is 16.1 Å². The van der Waals surface area contributed by atoms with Gasteiger partial charge in [-0.05, 0) is 30.7 Å². The van der Waals surface area contributed by atoms with Crippen LogP contribution in [0.2, 0.25) is 0 Å². The smallest absolute Gasteiger partial charge is 0.326 e. The molecule has 0 aliphatic carbocycles. The van der Waals surface area contributed by atoms with Crippen molar-refractivity contribution in [1.82, 2.24) is 40.2 Å². The number of aromatic nitrogens is 6. The molecule has 3 aromatic heterocycles. The monoisotopic (exact) mass is 636 g/mol. The van der Waals surface area contributed by atoms with E-state index in [1.54, 1.807) is 32.4 Å². The third-order valence-corrected chi connectivity index (χ3v) is 5.90. The summed E-state index contributed by atoms with van der Waals surface area (Å²) in [4.78, 5) is 69.8. The number of nitrogens with two attached hydrogens (primary N) is 3. The van der Waals surface area contributed by atoms with Crippen LogP contribution in [0.25, 0.3) is 11.2 Å². The van der Waals surface area contributed by atoms with Gasteiger partial charge in [0, 0.05) is 38.8 Å². The van der Waals surface area contributed by atoms with Crippen molar-refractivity contribution in [2.45, 2.75) is 25.4 Å². The number of hydrogen-bond donors (Lipinski definition) is 7. The average molecular weight is 637 g/mol. The second-order valence-corrected chi connectivity index (χ2v) is 9.70. The molecule has 2 amide bonds. The van der Waals surface area contributed by atoms with Gasteiger partial charge in [0.2, 0.25) is 11.8 Å². The van der Waals surface area contributed by atoms with Gasteiger partial charge in [-0.3, -0.25) is 19.4 Å². The Kier molecular flexibility index (Phi) is 11.3. The largest absolute Gasteiger partial charge is 0.481 e. The molecule has 242 valence electrons. The first-order chi connectivity index (χ1) is 21.7. The molecule has 1 atom stereocenters. The minimum absolute atomic E-state index is 0.0138. The van der Waals surface area contributed by atoms with Crippen molar-refractivity contribution >= 4 is 58.2 Å². The van der Waals surface area contributed by atoms with Crippen LogP contribution in [0.15, 0.2) is 47.1 Å². The number of fused-ring (bicyclic) bond motifs is 1. The third kappa shape index (κ3) is 9.52. The highest BCUT2D eigenvalue weighted by molar-refractivity contribution is 5.97. The van der Waals surface area contributed by atoms with Crippen molar-refractivity contribution in [3.05, 3.63) is 53.7 Å². The van der Waals surface area contributed by atoms with Gasteiger partial charge in [0.25, 0.3) is 11.8 Å². The van der Waals surface area contributed by atoms with Gasteiger partial charge < -0.3 is 42.6 Å². The Morgan fingerprint density at radius 2 is 1.72 bits per heavy atom. The van der Waals surface area contributed by atoms with Gasteiger partial charge in [0.1, 0.15) is 6.04 Å². The lowest BCUT2D eigenvalue weighted by atomic mass is 10.1. The number of H-pyrrole nitrogens is 1. The van der Waals surface area contributed by atoms with Crippen LogP contribution >= 0.6 is 0 Å². The van der Waals surface area contributed by atoms with Gasteiger partial charge in [0.15, 0.2) is 22.7 Å². The van der Waals surface area contributed by atoms with Crippen LogP contribution in [0.4, 0.5) is 23.3 Å². The van der Waals surface area contributed by atoms with E-state index in [4.69, 9.17) is 22.3 Å². The molecule has 10 N–H and O–H groups in total. The molecule has 1 aromatic carbocycles. The van der Waals surface area contributed by atoms with E-state index >= 15 is 0 Å². The lowest BCUT2D eigenvalue weighted by Gasteiger charge is -2.19. The molecule has 0 unspecified atom stereocenters. The molecule has 20 nitrogen and oxygen atoms in total. The molecule has 0 saturated heterocycles. The van der Waals surface area contributed by atoms with E-state index < -0.39 is 29.8 Å². The molecule has 4 aromatic rings. The number of nitrogens with one attached hydrogen (secondary N) is 2. The zero-order valence-corrected chi connectivity index (χ0v) is 24.9. The Morgan fingerprint density at radius 3 is 2.33 bits per heavy atom. The third-order valence-electron chi connectivity index (χ3n) is 5.90. The number of carboxylic acids is 2. The number of aliphatic carboxylic acids is 2. The summed E-state index contributed by atoms with van der Waals surface area (Å²) < 4.78 is 0. The Morgan fingerprint density at radius 1 is 1.02 bits per heavy atom. The van der Waals surface area contributed by atoms with Crippen LogP contribution in [-0.4, -0.2) is 96.1 Å². The molecule has 0 aliphatic heterocycles. The van der Waals surface area contributed by atoms with Crippen molar-refractivity contribution in [3.8, 4) is 0 Å². The molecule has 0 fully saturated rings. The summed E-state index contributed by atoms with van der Waals surface area (Å²) in [5, 5.41) is 29.1. The Bertz CT molecular complexity index is 1740. The first-order valence-corrected chi connectivity index (χ1v) is 13.3. The lowest BCUT2D eigenvalue weighted by molar-refractivity contribution is -0.140. The molecule has 0 radical (unpaired) electrons. The highest BCUT2D eigenvalue weighted by atomic mass is 16.4. The number of carbonyl (C=O) groups excluding carboxylic acids is 2. The van der Waals surface area contributed by atoms with E-state index in [1.165, 1.54) is 23.5 Å². The molecule has 0 aliphatic rings. The number of carboxylic acid groups (broad SMARTS) is 2. The van der Waals surface area contributed by atoms with Crippen LogP contribution in [0, 0.1) is 0 Å². The lowest BCUT2D eigenvalue weighted by Crippen LogP contribution is -2.41. The molecule has 46 heavy (non-hydrogen) atoms.